The van der Waals surface area contributed by atoms with E-state index in [1.54, 1.807) is 12.1 Å². The molecule has 2 rings (SSSR count). The van der Waals surface area contributed by atoms with Crippen LogP contribution in [0.15, 0.2) is 36.4 Å². The molecular weight excluding hydrogens is 322 g/mol. The summed E-state index contributed by atoms with van der Waals surface area (Å²) in [6.45, 7) is 0. The largest absolute Gasteiger partial charge is 0.506 e. The van der Waals surface area contributed by atoms with E-state index < -0.39 is 5.97 Å². The first-order valence-corrected chi connectivity index (χ1v) is 8.02. The van der Waals surface area contributed by atoms with Crippen LogP contribution in [0.25, 0.3) is 0 Å². The summed E-state index contributed by atoms with van der Waals surface area (Å²) >= 11 is 0. The van der Waals surface area contributed by atoms with E-state index in [2.05, 4.69) is 9.72 Å². The van der Waals surface area contributed by atoms with Crippen LogP contribution in [0, 0.1) is 0 Å². The van der Waals surface area contributed by atoms with Crippen LogP contribution >= 0.6 is 0 Å². The van der Waals surface area contributed by atoms with Gasteiger partial charge >= 0.3 is 11.9 Å². The Morgan fingerprint density at radius 3 is 2.32 bits per heavy atom. The third-order valence-electron chi connectivity index (χ3n) is 3.85. The number of rotatable bonds is 8. The Bertz CT molecular complexity index is 740. The number of ether oxygens (including phenoxy) is 1. The molecule has 2 N–H and O–H groups in total. The number of carbonyl (C=O) groups is 2. The van der Waals surface area contributed by atoms with Gasteiger partial charge in [-0.1, -0.05) is 24.3 Å². The lowest BCUT2D eigenvalue weighted by molar-refractivity contribution is -0.140. The Balaban J connectivity index is 1.95. The van der Waals surface area contributed by atoms with Crippen molar-refractivity contribution in [2.75, 3.05) is 7.11 Å². The predicted molar refractivity (Wildman–Crippen MR) is 91.4 cm³/mol. The van der Waals surface area contributed by atoms with Crippen LogP contribution in [0.5, 0.6) is 5.75 Å². The lowest BCUT2D eigenvalue weighted by atomic mass is 10.0. The van der Waals surface area contributed by atoms with Gasteiger partial charge in [0.05, 0.1) is 25.6 Å². The normalized spacial score (nSPS) is 10.4. The molecule has 1 aromatic carbocycles. The Kier molecular flexibility index (Phi) is 6.51. The van der Waals surface area contributed by atoms with Crippen LogP contribution in [0.3, 0.4) is 0 Å². The van der Waals surface area contributed by atoms with Crippen LogP contribution in [-0.2, 0) is 40.0 Å². The van der Waals surface area contributed by atoms with Gasteiger partial charge in [-0.15, -0.1) is 0 Å². The fourth-order valence-electron chi connectivity index (χ4n) is 2.42. The first kappa shape index (κ1) is 18.4. The standard InChI is InChI=1S/C19H21NO5/c1-25-19(24)12-14-4-2-13(3-5-14)6-7-15-8-10-17(21)16(20-15)9-11-18(22)23/h2-5,8,10,21H,6-7,9,11-12H2,1H3,(H,22,23). The van der Waals surface area contributed by atoms with Gasteiger partial charge in [0.25, 0.3) is 0 Å². The molecule has 2 aromatic rings. The average molecular weight is 343 g/mol. The van der Waals surface area contributed by atoms with Crippen LogP contribution in [0.1, 0.15) is 28.9 Å². The minimum Gasteiger partial charge on any atom is -0.506 e. The van der Waals surface area contributed by atoms with Crippen LogP contribution in [-0.4, -0.2) is 34.2 Å². The Morgan fingerprint density at radius 2 is 1.68 bits per heavy atom. The number of aryl methyl sites for hydroxylation is 3. The number of aromatic nitrogens is 1. The van der Waals surface area contributed by atoms with E-state index in [-0.39, 0.29) is 31.0 Å². The Morgan fingerprint density at radius 1 is 1.00 bits per heavy atom. The molecule has 1 aromatic heterocycles. The number of carboxylic acids is 1. The minimum absolute atomic E-state index is 0.0252. The van der Waals surface area contributed by atoms with Crippen molar-refractivity contribution in [2.24, 2.45) is 0 Å². The molecule has 0 fully saturated rings. The molecule has 0 unspecified atom stereocenters. The molecule has 0 atom stereocenters. The predicted octanol–water partition coefficient (Wildman–Crippen LogP) is 2.31. The molecule has 6 heteroatoms. The number of esters is 1. The lowest BCUT2D eigenvalue weighted by Crippen LogP contribution is -2.04. The zero-order chi connectivity index (χ0) is 18.2. The Hall–Kier alpha value is -2.89. The molecule has 0 radical (unpaired) electrons. The fourth-order valence-corrected chi connectivity index (χ4v) is 2.42. The zero-order valence-electron chi connectivity index (χ0n) is 14.1. The molecule has 132 valence electrons. The highest BCUT2D eigenvalue weighted by Crippen LogP contribution is 2.18. The second kappa shape index (κ2) is 8.82. The molecule has 6 nitrogen and oxygen atoms in total. The van der Waals surface area contributed by atoms with Gasteiger partial charge < -0.3 is 14.9 Å². The molecule has 0 saturated heterocycles. The maximum absolute atomic E-state index is 11.2. The number of aromatic hydroxyl groups is 1. The molecule has 0 amide bonds. The van der Waals surface area contributed by atoms with Crippen molar-refractivity contribution in [3.8, 4) is 5.75 Å². The molecular formula is C19H21NO5. The first-order chi connectivity index (χ1) is 12.0. The van der Waals surface area contributed by atoms with Crippen molar-refractivity contribution in [3.63, 3.8) is 0 Å². The smallest absolute Gasteiger partial charge is 0.309 e. The number of carboxylic acid groups (broad SMARTS) is 1. The van der Waals surface area contributed by atoms with E-state index in [4.69, 9.17) is 5.11 Å². The molecule has 1 heterocycles. The molecule has 0 aliphatic rings. The van der Waals surface area contributed by atoms with Gasteiger partial charge in [-0.25, -0.2) is 0 Å². The second-order valence-corrected chi connectivity index (χ2v) is 5.73. The number of hydrogen-bond donors (Lipinski definition) is 2. The summed E-state index contributed by atoms with van der Waals surface area (Å²) in [6.07, 6.45) is 1.83. The van der Waals surface area contributed by atoms with E-state index in [1.165, 1.54) is 7.11 Å². The fraction of sp³-hybridized carbons (Fsp3) is 0.316. The quantitative estimate of drug-likeness (QED) is 0.714. The Labute approximate surface area is 146 Å². The summed E-state index contributed by atoms with van der Waals surface area (Å²) in [4.78, 5) is 26.3. The third kappa shape index (κ3) is 5.91. The monoisotopic (exact) mass is 343 g/mol. The van der Waals surface area contributed by atoms with Gasteiger partial charge in [0, 0.05) is 12.1 Å². The first-order valence-electron chi connectivity index (χ1n) is 8.02. The number of pyridine rings is 1. The lowest BCUT2D eigenvalue weighted by Gasteiger charge is -2.07. The molecule has 0 bridgehead atoms. The van der Waals surface area contributed by atoms with Crippen LogP contribution in [0.2, 0.25) is 0 Å². The van der Waals surface area contributed by atoms with Crippen molar-refractivity contribution in [1.82, 2.24) is 4.98 Å². The maximum Gasteiger partial charge on any atom is 0.309 e. The summed E-state index contributed by atoms with van der Waals surface area (Å²) in [5, 5.41) is 18.5. The van der Waals surface area contributed by atoms with Gasteiger partial charge in [-0.3, -0.25) is 14.6 Å². The summed E-state index contributed by atoms with van der Waals surface area (Å²) in [5.41, 5.74) is 3.22. The second-order valence-electron chi connectivity index (χ2n) is 5.73. The minimum atomic E-state index is -0.918. The van der Waals surface area contributed by atoms with E-state index >= 15 is 0 Å². The highest BCUT2D eigenvalue weighted by molar-refractivity contribution is 5.72. The number of carbonyl (C=O) groups excluding carboxylic acids is 1. The van der Waals surface area contributed by atoms with Gasteiger partial charge in [0.2, 0.25) is 0 Å². The van der Waals surface area contributed by atoms with E-state index in [0.717, 1.165) is 23.2 Å². The topological polar surface area (TPSA) is 96.7 Å². The zero-order valence-corrected chi connectivity index (χ0v) is 14.1. The van der Waals surface area contributed by atoms with E-state index in [9.17, 15) is 14.7 Å². The summed E-state index contributed by atoms with van der Waals surface area (Å²) in [5.74, 6) is -1.16. The molecule has 0 aliphatic heterocycles. The van der Waals surface area contributed by atoms with Gasteiger partial charge in [-0.05, 0) is 36.1 Å². The van der Waals surface area contributed by atoms with Crippen molar-refractivity contribution < 1.29 is 24.5 Å². The van der Waals surface area contributed by atoms with Gasteiger partial charge in [-0.2, -0.15) is 0 Å². The van der Waals surface area contributed by atoms with Gasteiger partial charge in [0.1, 0.15) is 5.75 Å². The SMILES string of the molecule is COC(=O)Cc1ccc(CCc2ccc(O)c(CCC(=O)O)n2)cc1. The van der Waals surface area contributed by atoms with Crippen LogP contribution < -0.4 is 0 Å². The maximum atomic E-state index is 11.2. The van der Waals surface area contributed by atoms with E-state index in [0.29, 0.717) is 12.1 Å². The number of methoxy groups -OCH3 is 1. The number of hydrogen-bond acceptors (Lipinski definition) is 5. The highest BCUT2D eigenvalue weighted by atomic mass is 16.5. The van der Waals surface area contributed by atoms with E-state index in [1.807, 2.05) is 24.3 Å². The highest BCUT2D eigenvalue weighted by Gasteiger charge is 2.08. The molecule has 0 saturated carbocycles. The summed E-state index contributed by atoms with van der Waals surface area (Å²) < 4.78 is 4.64. The van der Waals surface area contributed by atoms with Crippen LogP contribution in [0.4, 0.5) is 0 Å². The summed E-state index contributed by atoms with van der Waals surface area (Å²) in [6, 6.07) is 11.0. The molecule has 0 spiro atoms. The van der Waals surface area contributed by atoms with Gasteiger partial charge in [0.15, 0.2) is 0 Å². The van der Waals surface area contributed by atoms with Crippen molar-refractivity contribution >= 4 is 11.9 Å². The van der Waals surface area contributed by atoms with Crippen molar-refractivity contribution in [1.29, 1.82) is 0 Å². The summed E-state index contributed by atoms with van der Waals surface area (Å²) in [7, 11) is 1.37. The van der Waals surface area contributed by atoms with Crippen molar-refractivity contribution in [3.05, 3.63) is 58.9 Å². The average Bonchev–Trinajstić information content (AvgIpc) is 2.60. The van der Waals surface area contributed by atoms with Crippen molar-refractivity contribution in [2.45, 2.75) is 32.1 Å². The molecule has 0 aliphatic carbocycles. The number of aliphatic carboxylic acids is 1. The number of benzene rings is 1. The third-order valence-corrected chi connectivity index (χ3v) is 3.85. The number of nitrogens with zero attached hydrogens (tertiary/aromatic N) is 1. The molecule has 25 heavy (non-hydrogen) atoms.